The van der Waals surface area contributed by atoms with E-state index in [1.54, 1.807) is 0 Å². The Labute approximate surface area is 149 Å². The van der Waals surface area contributed by atoms with E-state index in [9.17, 15) is 13.2 Å². The van der Waals surface area contributed by atoms with Gasteiger partial charge in [-0.1, -0.05) is 11.6 Å². The summed E-state index contributed by atoms with van der Waals surface area (Å²) in [6.07, 6.45) is -3.80. The molecule has 0 unspecified atom stereocenters. The average Bonchev–Trinajstić information content (AvgIpc) is 2.55. The highest BCUT2D eigenvalue weighted by molar-refractivity contribution is 6.31. The van der Waals surface area contributed by atoms with Gasteiger partial charge in [0, 0.05) is 19.3 Å². The SMILES string of the molecule is CCNC(=NCCOCC)NCCOc1ncc(C(F)(F)F)cc1Cl. The molecule has 0 fully saturated rings. The lowest BCUT2D eigenvalue weighted by Gasteiger charge is -2.13. The third-order valence-electron chi connectivity index (χ3n) is 2.82. The van der Waals surface area contributed by atoms with Gasteiger partial charge in [-0.15, -0.1) is 0 Å². The molecule has 1 aromatic rings. The van der Waals surface area contributed by atoms with Crippen molar-refractivity contribution >= 4 is 17.6 Å². The maximum absolute atomic E-state index is 12.5. The number of nitrogens with one attached hydrogen (secondary N) is 2. The minimum atomic E-state index is -4.49. The van der Waals surface area contributed by atoms with Crippen molar-refractivity contribution in [2.24, 2.45) is 4.99 Å². The molecule has 10 heteroatoms. The molecule has 0 atom stereocenters. The summed E-state index contributed by atoms with van der Waals surface area (Å²) in [5.41, 5.74) is -0.918. The van der Waals surface area contributed by atoms with Crippen LogP contribution in [0, 0.1) is 0 Å². The smallest absolute Gasteiger partial charge is 0.417 e. The molecule has 0 saturated carbocycles. The van der Waals surface area contributed by atoms with Gasteiger partial charge in [-0.3, -0.25) is 4.99 Å². The van der Waals surface area contributed by atoms with E-state index in [0.717, 1.165) is 6.07 Å². The maximum atomic E-state index is 12.5. The number of pyridine rings is 1. The van der Waals surface area contributed by atoms with E-state index in [-0.39, 0.29) is 17.5 Å². The van der Waals surface area contributed by atoms with E-state index in [2.05, 4.69) is 20.6 Å². The Hall–Kier alpha value is -1.74. The van der Waals surface area contributed by atoms with E-state index in [1.165, 1.54) is 0 Å². The number of aromatic nitrogens is 1. The Morgan fingerprint density at radius 2 is 2.04 bits per heavy atom. The average molecular weight is 383 g/mol. The molecule has 1 heterocycles. The highest BCUT2D eigenvalue weighted by atomic mass is 35.5. The monoisotopic (exact) mass is 382 g/mol. The number of guanidine groups is 1. The minimum absolute atomic E-state index is 0.0465. The van der Waals surface area contributed by atoms with E-state index >= 15 is 0 Å². The van der Waals surface area contributed by atoms with Crippen molar-refractivity contribution in [1.29, 1.82) is 0 Å². The third-order valence-corrected chi connectivity index (χ3v) is 3.09. The highest BCUT2D eigenvalue weighted by Gasteiger charge is 2.31. The Morgan fingerprint density at radius 3 is 2.64 bits per heavy atom. The lowest BCUT2D eigenvalue weighted by atomic mass is 10.3. The van der Waals surface area contributed by atoms with Crippen LogP contribution in [0.5, 0.6) is 5.88 Å². The van der Waals surface area contributed by atoms with Crippen molar-refractivity contribution in [1.82, 2.24) is 15.6 Å². The van der Waals surface area contributed by atoms with Gasteiger partial charge in [0.05, 0.1) is 25.3 Å². The highest BCUT2D eigenvalue weighted by Crippen LogP contribution is 2.32. The third kappa shape index (κ3) is 8.26. The molecule has 0 saturated heterocycles. The van der Waals surface area contributed by atoms with Crippen LogP contribution in [-0.4, -0.2) is 50.4 Å². The van der Waals surface area contributed by atoms with Gasteiger partial charge in [0.15, 0.2) is 5.96 Å². The van der Waals surface area contributed by atoms with E-state index in [4.69, 9.17) is 21.1 Å². The summed E-state index contributed by atoms with van der Waals surface area (Å²) >= 11 is 5.77. The quantitative estimate of drug-likeness (QED) is 0.390. The van der Waals surface area contributed by atoms with Gasteiger partial charge in [-0.2, -0.15) is 13.2 Å². The van der Waals surface area contributed by atoms with Gasteiger partial charge in [0.25, 0.3) is 0 Å². The molecular weight excluding hydrogens is 361 g/mol. The summed E-state index contributed by atoms with van der Waals surface area (Å²) in [7, 11) is 0. The molecular formula is C15H22ClF3N4O2. The first-order valence-electron chi connectivity index (χ1n) is 7.84. The number of aliphatic imine (C=N–C) groups is 1. The first-order chi connectivity index (χ1) is 11.9. The molecule has 0 aliphatic rings. The van der Waals surface area contributed by atoms with Crippen LogP contribution < -0.4 is 15.4 Å². The fraction of sp³-hybridized carbons (Fsp3) is 0.600. The number of halogens is 4. The van der Waals surface area contributed by atoms with Crippen LogP contribution in [0.2, 0.25) is 5.02 Å². The Balaban J connectivity index is 2.45. The number of ether oxygens (including phenoxy) is 2. The largest absolute Gasteiger partial charge is 0.475 e. The van der Waals surface area contributed by atoms with Crippen LogP contribution in [-0.2, 0) is 10.9 Å². The van der Waals surface area contributed by atoms with Gasteiger partial charge in [-0.25, -0.2) is 4.98 Å². The molecule has 0 bridgehead atoms. The van der Waals surface area contributed by atoms with Crippen molar-refractivity contribution < 1.29 is 22.6 Å². The van der Waals surface area contributed by atoms with Crippen molar-refractivity contribution in [3.05, 3.63) is 22.8 Å². The molecule has 0 aliphatic heterocycles. The summed E-state index contributed by atoms with van der Waals surface area (Å²) in [4.78, 5) is 7.90. The first-order valence-corrected chi connectivity index (χ1v) is 8.21. The lowest BCUT2D eigenvalue weighted by molar-refractivity contribution is -0.137. The molecule has 142 valence electrons. The minimum Gasteiger partial charge on any atom is -0.475 e. The second-order valence-corrected chi connectivity index (χ2v) is 5.15. The Bertz CT molecular complexity index is 556. The maximum Gasteiger partial charge on any atom is 0.417 e. The van der Waals surface area contributed by atoms with Crippen LogP contribution in [0.3, 0.4) is 0 Å². The Kier molecular flexibility index (Phi) is 9.36. The van der Waals surface area contributed by atoms with Crippen LogP contribution in [0.15, 0.2) is 17.3 Å². The molecule has 6 nitrogen and oxygen atoms in total. The molecule has 0 aliphatic carbocycles. The molecule has 0 aromatic carbocycles. The predicted octanol–water partition coefficient (Wildman–Crippen LogP) is 2.72. The standard InChI is InChI=1S/C15H22ClF3N4O2/c1-3-20-14(21-5-7-24-4-2)22-6-8-25-13-12(16)9-11(10-23-13)15(17,18)19/h9-10H,3-8H2,1-2H3,(H2,20,21,22). The fourth-order valence-corrected chi connectivity index (χ4v) is 1.93. The lowest BCUT2D eigenvalue weighted by Crippen LogP contribution is -2.39. The van der Waals surface area contributed by atoms with Gasteiger partial charge in [0.2, 0.25) is 5.88 Å². The van der Waals surface area contributed by atoms with Gasteiger partial charge < -0.3 is 20.1 Å². The number of alkyl halides is 3. The Morgan fingerprint density at radius 1 is 1.28 bits per heavy atom. The van der Waals surface area contributed by atoms with Gasteiger partial charge in [-0.05, 0) is 19.9 Å². The van der Waals surface area contributed by atoms with Gasteiger partial charge >= 0.3 is 6.18 Å². The zero-order chi connectivity index (χ0) is 18.7. The second-order valence-electron chi connectivity index (χ2n) is 4.74. The summed E-state index contributed by atoms with van der Waals surface area (Å²) < 4.78 is 48.1. The number of hydrogen-bond donors (Lipinski definition) is 2. The fourth-order valence-electron chi connectivity index (χ4n) is 1.71. The number of nitrogens with zero attached hydrogens (tertiary/aromatic N) is 2. The molecule has 0 spiro atoms. The van der Waals surface area contributed by atoms with Crippen LogP contribution in [0.1, 0.15) is 19.4 Å². The zero-order valence-corrected chi connectivity index (χ0v) is 14.9. The van der Waals surface area contributed by atoms with Crippen molar-refractivity contribution in [3.63, 3.8) is 0 Å². The zero-order valence-electron chi connectivity index (χ0n) is 14.1. The predicted molar refractivity (Wildman–Crippen MR) is 90.2 cm³/mol. The van der Waals surface area contributed by atoms with E-state index in [0.29, 0.717) is 45.0 Å². The molecule has 1 aromatic heterocycles. The summed E-state index contributed by atoms with van der Waals surface area (Å²) in [6, 6.07) is 0.788. The second kappa shape index (κ2) is 11.0. The van der Waals surface area contributed by atoms with Crippen molar-refractivity contribution in [3.8, 4) is 5.88 Å². The van der Waals surface area contributed by atoms with Crippen LogP contribution in [0.4, 0.5) is 13.2 Å². The number of rotatable bonds is 9. The van der Waals surface area contributed by atoms with E-state index in [1.807, 2.05) is 13.8 Å². The number of hydrogen-bond acceptors (Lipinski definition) is 4. The summed E-state index contributed by atoms with van der Waals surface area (Å²) in [5.74, 6) is 0.548. The summed E-state index contributed by atoms with van der Waals surface area (Å²) in [6.45, 7) is 6.73. The molecule has 1 rings (SSSR count). The molecule has 0 radical (unpaired) electrons. The van der Waals surface area contributed by atoms with Crippen molar-refractivity contribution in [2.45, 2.75) is 20.0 Å². The molecule has 25 heavy (non-hydrogen) atoms. The topological polar surface area (TPSA) is 67.8 Å². The summed E-state index contributed by atoms with van der Waals surface area (Å²) in [5, 5.41) is 5.90. The van der Waals surface area contributed by atoms with Crippen LogP contribution >= 0.6 is 11.6 Å². The molecule has 2 N–H and O–H groups in total. The first kappa shape index (κ1) is 21.3. The molecule has 0 amide bonds. The van der Waals surface area contributed by atoms with Crippen molar-refractivity contribution in [2.75, 3.05) is 39.5 Å². The van der Waals surface area contributed by atoms with Gasteiger partial charge in [0.1, 0.15) is 11.6 Å². The van der Waals surface area contributed by atoms with E-state index < -0.39 is 11.7 Å². The normalized spacial score (nSPS) is 12.2. The van der Waals surface area contributed by atoms with Crippen LogP contribution in [0.25, 0.3) is 0 Å².